The molecule has 3 N–H and O–H groups in total. The topological polar surface area (TPSA) is 70.6 Å². The number of phenols is 1. The van der Waals surface area contributed by atoms with Gasteiger partial charge in [0, 0.05) is 24.3 Å². The first-order valence-corrected chi connectivity index (χ1v) is 7.12. The van der Waals surface area contributed by atoms with Gasteiger partial charge in [0.15, 0.2) is 11.5 Å². The third-order valence-corrected chi connectivity index (χ3v) is 3.23. The number of ether oxygens (including phenoxy) is 1. The van der Waals surface area contributed by atoms with E-state index in [2.05, 4.69) is 10.6 Å². The molecule has 0 saturated heterocycles. The number of hydrogen-bond donors (Lipinski definition) is 3. The molecular weight excluding hydrogens is 280 g/mol. The van der Waals surface area contributed by atoms with E-state index in [0.29, 0.717) is 18.7 Å². The number of nitrogens with one attached hydrogen (secondary N) is 2. The third kappa shape index (κ3) is 4.15. The summed E-state index contributed by atoms with van der Waals surface area (Å²) in [7, 11) is 1.52. The molecule has 0 fully saturated rings. The van der Waals surface area contributed by atoms with E-state index in [-0.39, 0.29) is 11.7 Å². The van der Waals surface area contributed by atoms with Crippen LogP contribution in [0.2, 0.25) is 0 Å². The van der Waals surface area contributed by atoms with Gasteiger partial charge in [0.2, 0.25) is 5.91 Å². The van der Waals surface area contributed by atoms with E-state index in [9.17, 15) is 9.90 Å². The maximum Gasteiger partial charge on any atom is 0.224 e. The fraction of sp³-hybridized carbons (Fsp3) is 0.235. The van der Waals surface area contributed by atoms with Gasteiger partial charge in [-0.3, -0.25) is 4.79 Å². The first-order valence-electron chi connectivity index (χ1n) is 7.12. The Morgan fingerprint density at radius 2 is 1.82 bits per heavy atom. The summed E-state index contributed by atoms with van der Waals surface area (Å²) in [6, 6.07) is 12.8. The smallest absolute Gasteiger partial charge is 0.224 e. The zero-order chi connectivity index (χ0) is 15.9. The van der Waals surface area contributed by atoms with Gasteiger partial charge in [0.25, 0.3) is 0 Å². The van der Waals surface area contributed by atoms with Crippen LogP contribution in [0.4, 0.5) is 11.4 Å². The quantitative estimate of drug-likeness (QED) is 0.765. The SMILES string of the molecule is CCC(=O)Nc1ccc(NCc2ccc(OC)c(O)c2)cc1. The molecule has 0 aromatic heterocycles. The lowest BCUT2D eigenvalue weighted by Crippen LogP contribution is -2.09. The summed E-state index contributed by atoms with van der Waals surface area (Å²) in [6.45, 7) is 2.40. The molecule has 2 rings (SSSR count). The van der Waals surface area contributed by atoms with Crippen molar-refractivity contribution < 1.29 is 14.6 Å². The number of carbonyl (C=O) groups is 1. The Bertz CT molecular complexity index is 639. The lowest BCUT2D eigenvalue weighted by atomic mass is 10.2. The number of anilines is 2. The predicted molar refractivity (Wildman–Crippen MR) is 87.3 cm³/mol. The minimum Gasteiger partial charge on any atom is -0.504 e. The van der Waals surface area contributed by atoms with E-state index < -0.39 is 0 Å². The van der Waals surface area contributed by atoms with Crippen LogP contribution in [0.5, 0.6) is 11.5 Å². The molecule has 0 unspecified atom stereocenters. The second-order valence-corrected chi connectivity index (χ2v) is 4.84. The number of amides is 1. The second kappa shape index (κ2) is 7.36. The lowest BCUT2D eigenvalue weighted by Gasteiger charge is -2.10. The molecule has 0 aliphatic rings. The molecule has 0 atom stereocenters. The number of hydrogen-bond acceptors (Lipinski definition) is 4. The van der Waals surface area contributed by atoms with Crippen molar-refractivity contribution >= 4 is 17.3 Å². The van der Waals surface area contributed by atoms with Crippen LogP contribution in [-0.4, -0.2) is 18.1 Å². The summed E-state index contributed by atoms with van der Waals surface area (Å²) < 4.78 is 5.01. The van der Waals surface area contributed by atoms with Crippen LogP contribution in [0.25, 0.3) is 0 Å². The predicted octanol–water partition coefficient (Wildman–Crippen LogP) is 3.36. The van der Waals surface area contributed by atoms with Crippen molar-refractivity contribution in [2.75, 3.05) is 17.7 Å². The van der Waals surface area contributed by atoms with Gasteiger partial charge in [-0.2, -0.15) is 0 Å². The number of aromatic hydroxyl groups is 1. The van der Waals surface area contributed by atoms with E-state index >= 15 is 0 Å². The van der Waals surface area contributed by atoms with Crippen molar-refractivity contribution in [3.05, 3.63) is 48.0 Å². The van der Waals surface area contributed by atoms with E-state index in [1.807, 2.05) is 37.3 Å². The van der Waals surface area contributed by atoms with Crippen LogP contribution in [0.1, 0.15) is 18.9 Å². The van der Waals surface area contributed by atoms with Crippen LogP contribution >= 0.6 is 0 Å². The summed E-state index contributed by atoms with van der Waals surface area (Å²) in [5, 5.41) is 15.8. The number of carbonyl (C=O) groups excluding carboxylic acids is 1. The Hall–Kier alpha value is -2.69. The molecule has 22 heavy (non-hydrogen) atoms. The Balaban J connectivity index is 1.94. The molecule has 116 valence electrons. The van der Waals surface area contributed by atoms with Crippen LogP contribution in [0.3, 0.4) is 0 Å². The van der Waals surface area contributed by atoms with Crippen LogP contribution in [-0.2, 0) is 11.3 Å². The average molecular weight is 300 g/mol. The molecule has 0 aliphatic carbocycles. The standard InChI is InChI=1S/C17H20N2O3/c1-3-17(21)19-14-7-5-13(6-8-14)18-11-12-4-9-16(22-2)15(20)10-12/h4-10,18,20H,3,11H2,1-2H3,(H,19,21). The molecule has 5 heteroatoms. The molecule has 0 bridgehead atoms. The van der Waals surface area contributed by atoms with Gasteiger partial charge in [0.05, 0.1) is 7.11 Å². The maximum absolute atomic E-state index is 11.3. The monoisotopic (exact) mass is 300 g/mol. The Labute approximate surface area is 129 Å². The van der Waals surface area contributed by atoms with Crippen LogP contribution in [0.15, 0.2) is 42.5 Å². The zero-order valence-corrected chi connectivity index (χ0v) is 12.7. The molecule has 0 radical (unpaired) electrons. The summed E-state index contributed by atoms with van der Waals surface area (Å²) in [5.74, 6) is 0.577. The molecule has 2 aromatic rings. The normalized spacial score (nSPS) is 10.1. The molecule has 0 aliphatic heterocycles. The van der Waals surface area contributed by atoms with Gasteiger partial charge in [-0.15, -0.1) is 0 Å². The highest BCUT2D eigenvalue weighted by molar-refractivity contribution is 5.90. The number of rotatable bonds is 6. The summed E-state index contributed by atoms with van der Waals surface area (Å²) in [5.41, 5.74) is 2.66. The molecule has 0 saturated carbocycles. The van der Waals surface area contributed by atoms with Gasteiger partial charge >= 0.3 is 0 Å². The van der Waals surface area contributed by atoms with Gasteiger partial charge in [-0.1, -0.05) is 13.0 Å². The Morgan fingerprint density at radius 1 is 1.14 bits per heavy atom. The average Bonchev–Trinajstić information content (AvgIpc) is 2.54. The van der Waals surface area contributed by atoms with Crippen molar-refractivity contribution in [3.63, 3.8) is 0 Å². The van der Waals surface area contributed by atoms with Crippen LogP contribution < -0.4 is 15.4 Å². The Kier molecular flexibility index (Phi) is 5.25. The minimum atomic E-state index is -0.00517. The number of benzene rings is 2. The summed E-state index contributed by atoms with van der Waals surface area (Å²) in [6.07, 6.45) is 0.459. The van der Waals surface area contributed by atoms with Crippen molar-refractivity contribution in [3.8, 4) is 11.5 Å². The van der Waals surface area contributed by atoms with Crippen molar-refractivity contribution in [2.24, 2.45) is 0 Å². The van der Waals surface area contributed by atoms with E-state index in [1.165, 1.54) is 7.11 Å². The van der Waals surface area contributed by atoms with Crippen LogP contribution in [0, 0.1) is 0 Å². The summed E-state index contributed by atoms with van der Waals surface area (Å²) in [4.78, 5) is 11.3. The molecule has 0 spiro atoms. The molecule has 5 nitrogen and oxygen atoms in total. The molecular formula is C17H20N2O3. The first-order chi connectivity index (χ1) is 10.6. The van der Waals surface area contributed by atoms with Gasteiger partial charge in [-0.25, -0.2) is 0 Å². The van der Waals surface area contributed by atoms with Crippen molar-refractivity contribution in [2.45, 2.75) is 19.9 Å². The molecule has 1 amide bonds. The van der Waals surface area contributed by atoms with E-state index in [1.54, 1.807) is 12.1 Å². The van der Waals surface area contributed by atoms with E-state index in [0.717, 1.165) is 16.9 Å². The molecule has 2 aromatic carbocycles. The van der Waals surface area contributed by atoms with Gasteiger partial charge in [0.1, 0.15) is 0 Å². The zero-order valence-electron chi connectivity index (χ0n) is 12.7. The van der Waals surface area contributed by atoms with Crippen molar-refractivity contribution in [1.82, 2.24) is 0 Å². The fourth-order valence-corrected chi connectivity index (χ4v) is 1.97. The highest BCUT2D eigenvalue weighted by Crippen LogP contribution is 2.26. The molecule has 0 heterocycles. The highest BCUT2D eigenvalue weighted by Gasteiger charge is 2.03. The van der Waals surface area contributed by atoms with Gasteiger partial charge < -0.3 is 20.5 Å². The van der Waals surface area contributed by atoms with E-state index in [4.69, 9.17) is 4.74 Å². The Morgan fingerprint density at radius 3 is 2.41 bits per heavy atom. The van der Waals surface area contributed by atoms with Crippen molar-refractivity contribution in [1.29, 1.82) is 0 Å². The number of methoxy groups -OCH3 is 1. The maximum atomic E-state index is 11.3. The highest BCUT2D eigenvalue weighted by atomic mass is 16.5. The number of phenolic OH excluding ortho intramolecular Hbond substituents is 1. The van der Waals surface area contributed by atoms with Gasteiger partial charge in [-0.05, 0) is 42.0 Å². The first kappa shape index (κ1) is 15.7. The summed E-state index contributed by atoms with van der Waals surface area (Å²) >= 11 is 0. The lowest BCUT2D eigenvalue weighted by molar-refractivity contribution is -0.115. The fourth-order valence-electron chi connectivity index (χ4n) is 1.97. The largest absolute Gasteiger partial charge is 0.504 e. The minimum absolute atomic E-state index is 0.00517. The second-order valence-electron chi connectivity index (χ2n) is 4.84. The third-order valence-electron chi connectivity index (χ3n) is 3.23.